The number of hydrogen-bond acceptors (Lipinski definition) is 4. The Morgan fingerprint density at radius 2 is 2.05 bits per heavy atom. The van der Waals surface area contributed by atoms with Crippen molar-refractivity contribution in [3.05, 3.63) is 11.3 Å². The fourth-order valence-corrected chi connectivity index (χ4v) is 3.99. The van der Waals surface area contributed by atoms with Crippen molar-refractivity contribution in [2.45, 2.75) is 65.0 Å². The maximum Gasteiger partial charge on any atom is 0.302 e. The van der Waals surface area contributed by atoms with Crippen molar-refractivity contribution >= 4 is 11.7 Å². The van der Waals surface area contributed by atoms with E-state index in [1.165, 1.54) is 43.2 Å². The van der Waals surface area contributed by atoms with Crippen molar-refractivity contribution in [2.75, 3.05) is 13.7 Å². The lowest BCUT2D eigenvalue weighted by Crippen LogP contribution is -2.34. The third-order valence-electron chi connectivity index (χ3n) is 5.70. The second kappa shape index (κ2) is 6.15. The summed E-state index contributed by atoms with van der Waals surface area (Å²) in [6.07, 6.45) is 6.09. The third-order valence-corrected chi connectivity index (χ3v) is 5.70. The number of nitrogens with zero attached hydrogens (tertiary/aromatic N) is 2. The summed E-state index contributed by atoms with van der Waals surface area (Å²) in [5, 5.41) is 0. The van der Waals surface area contributed by atoms with E-state index in [0.717, 1.165) is 18.8 Å². The first-order valence-electron chi connectivity index (χ1n) is 8.59. The quantitative estimate of drug-likeness (QED) is 0.749. The van der Waals surface area contributed by atoms with E-state index in [-0.39, 0.29) is 5.97 Å². The summed E-state index contributed by atoms with van der Waals surface area (Å²) in [7, 11) is 2.18. The average Bonchev–Trinajstić information content (AvgIpc) is 3.16. The van der Waals surface area contributed by atoms with Crippen molar-refractivity contribution in [2.24, 2.45) is 16.8 Å². The van der Waals surface area contributed by atoms with Crippen LogP contribution in [0.1, 0.15) is 52.9 Å². The first-order chi connectivity index (χ1) is 10.5. The average molecular weight is 304 g/mol. The van der Waals surface area contributed by atoms with Gasteiger partial charge in [0.25, 0.3) is 0 Å². The summed E-state index contributed by atoms with van der Waals surface area (Å²) < 4.78 is 5.37. The highest BCUT2D eigenvalue weighted by Gasteiger charge is 2.39. The van der Waals surface area contributed by atoms with E-state index in [1.54, 1.807) is 0 Å². The Bertz CT molecular complexity index is 519. The second-order valence-corrected chi connectivity index (χ2v) is 7.26. The molecule has 2 aliphatic heterocycles. The normalized spacial score (nSPS) is 34.7. The lowest BCUT2D eigenvalue weighted by atomic mass is 9.93. The number of carbonyl (C=O) groups excluding carboxylic acids is 1. The van der Waals surface area contributed by atoms with Gasteiger partial charge in [0.05, 0.1) is 0 Å². The number of likely N-dealkylation sites (N-methyl/N-ethyl adjacent to an activating group) is 1. The molecule has 4 nitrogen and oxygen atoms in total. The summed E-state index contributed by atoms with van der Waals surface area (Å²) in [6, 6.07) is 0.961. The van der Waals surface area contributed by atoms with Crippen LogP contribution in [0.25, 0.3) is 0 Å². The molecule has 3 rings (SSSR count). The maximum atomic E-state index is 11.3. The van der Waals surface area contributed by atoms with Crippen LogP contribution in [0.2, 0.25) is 0 Å². The molecule has 4 heteroatoms. The summed E-state index contributed by atoms with van der Waals surface area (Å²) in [4.78, 5) is 18.6. The number of likely N-dealkylation sites (tertiary alicyclic amines) is 1. The Morgan fingerprint density at radius 1 is 1.32 bits per heavy atom. The van der Waals surface area contributed by atoms with Crippen LogP contribution in [0.3, 0.4) is 0 Å². The molecule has 0 radical (unpaired) electrons. The first kappa shape index (κ1) is 15.7. The Hall–Kier alpha value is -1.16. The van der Waals surface area contributed by atoms with E-state index in [2.05, 4.69) is 25.8 Å². The molecule has 2 fully saturated rings. The highest BCUT2D eigenvalue weighted by molar-refractivity contribution is 5.88. The van der Waals surface area contributed by atoms with Gasteiger partial charge in [0.2, 0.25) is 0 Å². The van der Waals surface area contributed by atoms with E-state index in [9.17, 15) is 4.79 Å². The van der Waals surface area contributed by atoms with Gasteiger partial charge in [-0.3, -0.25) is 14.7 Å². The third kappa shape index (κ3) is 3.12. The van der Waals surface area contributed by atoms with E-state index in [4.69, 9.17) is 9.73 Å². The van der Waals surface area contributed by atoms with Gasteiger partial charge in [-0.25, -0.2) is 0 Å². The van der Waals surface area contributed by atoms with E-state index in [0.29, 0.717) is 24.6 Å². The molecule has 0 aromatic heterocycles. The van der Waals surface area contributed by atoms with Crippen molar-refractivity contribution in [1.29, 1.82) is 0 Å². The highest BCUT2D eigenvalue weighted by atomic mass is 16.5. The van der Waals surface area contributed by atoms with Gasteiger partial charge in [0.15, 0.2) is 0 Å². The Kier molecular flexibility index (Phi) is 4.40. The number of aliphatic imine (C=N–C) groups is 1. The summed E-state index contributed by atoms with van der Waals surface area (Å²) in [6.45, 7) is 6.32. The minimum atomic E-state index is -0.204. The van der Waals surface area contributed by atoms with Gasteiger partial charge < -0.3 is 4.74 Å². The molecule has 122 valence electrons. The van der Waals surface area contributed by atoms with Crippen molar-refractivity contribution in [3.63, 3.8) is 0 Å². The van der Waals surface area contributed by atoms with Gasteiger partial charge in [-0.15, -0.1) is 0 Å². The first-order valence-corrected chi connectivity index (χ1v) is 8.59. The molecular formula is C18H28N2O2. The predicted molar refractivity (Wildman–Crippen MR) is 87.8 cm³/mol. The molecule has 0 amide bonds. The minimum Gasteiger partial charge on any atom is -0.461 e. The Balaban J connectivity index is 1.84. The molecular weight excluding hydrogens is 276 g/mol. The molecule has 2 heterocycles. The summed E-state index contributed by atoms with van der Waals surface area (Å²) >= 11 is 0. The second-order valence-electron chi connectivity index (χ2n) is 7.26. The van der Waals surface area contributed by atoms with Gasteiger partial charge in [0, 0.05) is 41.9 Å². The largest absolute Gasteiger partial charge is 0.461 e. The maximum absolute atomic E-state index is 11.3. The van der Waals surface area contributed by atoms with Crippen LogP contribution in [0.15, 0.2) is 16.3 Å². The zero-order valence-corrected chi connectivity index (χ0v) is 14.3. The van der Waals surface area contributed by atoms with Crippen LogP contribution in [0.4, 0.5) is 0 Å². The number of ether oxygens (including phenoxy) is 1. The van der Waals surface area contributed by atoms with Crippen LogP contribution in [-0.2, 0) is 9.53 Å². The highest BCUT2D eigenvalue weighted by Crippen LogP contribution is 2.45. The molecule has 1 saturated heterocycles. The number of carbonyl (C=O) groups is 1. The van der Waals surface area contributed by atoms with Crippen molar-refractivity contribution < 1.29 is 9.53 Å². The zero-order valence-electron chi connectivity index (χ0n) is 14.3. The van der Waals surface area contributed by atoms with Crippen LogP contribution in [0, 0.1) is 11.8 Å². The molecule has 0 N–H and O–H groups in total. The summed E-state index contributed by atoms with van der Waals surface area (Å²) in [5.74, 6) is 1.27. The number of esters is 1. The minimum absolute atomic E-state index is 0.204. The lowest BCUT2D eigenvalue weighted by Gasteiger charge is -2.26. The van der Waals surface area contributed by atoms with Crippen molar-refractivity contribution in [1.82, 2.24) is 4.90 Å². The van der Waals surface area contributed by atoms with Gasteiger partial charge >= 0.3 is 5.97 Å². The smallest absolute Gasteiger partial charge is 0.302 e. The molecule has 0 aromatic rings. The molecule has 0 spiro atoms. The van der Waals surface area contributed by atoms with Crippen LogP contribution >= 0.6 is 0 Å². The molecule has 3 atom stereocenters. The molecule has 1 saturated carbocycles. The molecule has 3 aliphatic rings. The zero-order chi connectivity index (χ0) is 15.9. The van der Waals surface area contributed by atoms with Gasteiger partial charge in [0.1, 0.15) is 6.61 Å². The van der Waals surface area contributed by atoms with Crippen LogP contribution in [0.5, 0.6) is 0 Å². The monoisotopic (exact) mass is 304 g/mol. The molecule has 0 bridgehead atoms. The molecule has 3 unspecified atom stereocenters. The van der Waals surface area contributed by atoms with Gasteiger partial charge in [-0.2, -0.15) is 0 Å². The molecule has 1 aliphatic carbocycles. The predicted octanol–water partition coefficient (Wildman–Crippen LogP) is 3.18. The van der Waals surface area contributed by atoms with E-state index < -0.39 is 0 Å². The fourth-order valence-electron chi connectivity index (χ4n) is 3.99. The molecule has 0 aromatic carbocycles. The topological polar surface area (TPSA) is 41.9 Å². The lowest BCUT2D eigenvalue weighted by molar-refractivity contribution is -0.140. The summed E-state index contributed by atoms with van der Waals surface area (Å²) in [5.41, 5.74) is 3.72. The Morgan fingerprint density at radius 3 is 2.59 bits per heavy atom. The van der Waals surface area contributed by atoms with Gasteiger partial charge in [-0.1, -0.05) is 0 Å². The van der Waals surface area contributed by atoms with Crippen LogP contribution in [-0.4, -0.2) is 42.3 Å². The number of allylic oxidation sites excluding steroid dienone is 1. The number of rotatable bonds is 4. The fraction of sp³-hybridized carbons (Fsp3) is 0.778. The Labute approximate surface area is 133 Å². The van der Waals surface area contributed by atoms with E-state index in [1.807, 2.05) is 0 Å². The van der Waals surface area contributed by atoms with Crippen molar-refractivity contribution in [3.8, 4) is 0 Å². The van der Waals surface area contributed by atoms with Crippen LogP contribution < -0.4 is 0 Å². The standard InChI is InChI=1S/C18H28N2O2/c1-11-5-8-18(20(11)4)16(10-22-13(3)21)17-9-15(12(2)19-17)14-6-7-14/h11,14-15,18H,5-10H2,1-4H3/b17-16-. The van der Waals surface area contributed by atoms with E-state index >= 15 is 0 Å². The van der Waals surface area contributed by atoms with Gasteiger partial charge in [-0.05, 0) is 58.9 Å². The SMILES string of the molecule is CC(=O)OC/C(=C1\CC(C2CC2)C(C)=N1)C1CCC(C)N1C. The molecule has 22 heavy (non-hydrogen) atoms. The number of hydrogen-bond donors (Lipinski definition) is 0.